The summed E-state index contributed by atoms with van der Waals surface area (Å²) in [6.07, 6.45) is 6.34. The van der Waals surface area contributed by atoms with E-state index in [9.17, 15) is 24.0 Å². The van der Waals surface area contributed by atoms with Gasteiger partial charge in [-0.15, -0.1) is 11.8 Å². The van der Waals surface area contributed by atoms with E-state index >= 15 is 0 Å². The molecule has 290 valence electrons. The highest BCUT2D eigenvalue weighted by atomic mass is 32.2. The van der Waals surface area contributed by atoms with Crippen molar-refractivity contribution < 1.29 is 28.7 Å². The molecule has 2 fully saturated rings. The summed E-state index contributed by atoms with van der Waals surface area (Å²) in [5.41, 5.74) is 8.45. The zero-order valence-corrected chi connectivity index (χ0v) is 31.9. The molecule has 1 aromatic heterocycles. The SMILES string of the molecule is NC(=O)c1c(-c2ccc(Oc3ccccc3)cc2)nn2c1NCCC2C1CCN(CCCCCSc2cccc3c2C(=O)N(C2CCC(=O)NC2=O)C3=O)CC1. The Morgan fingerprint density at radius 3 is 2.38 bits per heavy atom. The van der Waals surface area contributed by atoms with Crippen LogP contribution in [-0.4, -0.2) is 87.1 Å². The number of fused-ring (bicyclic) bond motifs is 2. The fraction of sp³-hybridized carbons (Fsp3) is 0.381. The van der Waals surface area contributed by atoms with Crippen molar-refractivity contribution in [3.05, 3.63) is 89.5 Å². The predicted molar refractivity (Wildman–Crippen MR) is 212 cm³/mol. The van der Waals surface area contributed by atoms with Crippen LogP contribution in [0.4, 0.5) is 5.82 Å². The number of rotatable bonds is 13. The maximum atomic E-state index is 13.4. The van der Waals surface area contributed by atoms with Gasteiger partial charge in [0.1, 0.15) is 34.6 Å². The van der Waals surface area contributed by atoms with Crippen LogP contribution in [0.1, 0.15) is 88.5 Å². The Hall–Kier alpha value is -5.47. The van der Waals surface area contributed by atoms with E-state index in [4.69, 9.17) is 15.6 Å². The number of unbranched alkanes of at least 4 members (excludes halogenated alkanes) is 2. The third-order valence-electron chi connectivity index (χ3n) is 11.3. The number of benzene rings is 3. The van der Waals surface area contributed by atoms with Crippen molar-refractivity contribution in [2.24, 2.45) is 11.7 Å². The zero-order chi connectivity index (χ0) is 38.8. The first kappa shape index (κ1) is 37.5. The van der Waals surface area contributed by atoms with E-state index in [1.54, 1.807) is 23.9 Å². The summed E-state index contributed by atoms with van der Waals surface area (Å²) in [5, 5.41) is 10.7. The second-order valence-corrected chi connectivity index (χ2v) is 16.0. The van der Waals surface area contributed by atoms with E-state index < -0.39 is 29.7 Å². The lowest BCUT2D eigenvalue weighted by atomic mass is 9.86. The summed E-state index contributed by atoms with van der Waals surface area (Å²) in [6, 6.07) is 21.7. The molecule has 3 aromatic carbocycles. The van der Waals surface area contributed by atoms with Crippen LogP contribution < -0.4 is 21.1 Å². The van der Waals surface area contributed by atoms with Crippen LogP contribution in [0.5, 0.6) is 11.5 Å². The van der Waals surface area contributed by atoms with Crippen molar-refractivity contribution in [3.8, 4) is 22.8 Å². The van der Waals surface area contributed by atoms with Gasteiger partial charge in [-0.25, -0.2) is 4.68 Å². The van der Waals surface area contributed by atoms with Gasteiger partial charge in [0.25, 0.3) is 17.7 Å². The summed E-state index contributed by atoms with van der Waals surface area (Å²) in [6.45, 7) is 3.79. The van der Waals surface area contributed by atoms with Crippen molar-refractivity contribution in [1.82, 2.24) is 24.9 Å². The molecule has 56 heavy (non-hydrogen) atoms. The Kier molecular flexibility index (Phi) is 10.9. The molecule has 0 radical (unpaired) electrons. The van der Waals surface area contributed by atoms with Crippen molar-refractivity contribution >= 4 is 47.1 Å². The number of carbonyl (C=O) groups excluding carboxylic acids is 5. The Morgan fingerprint density at radius 2 is 1.62 bits per heavy atom. The minimum atomic E-state index is -0.969. The number of aromatic nitrogens is 2. The third kappa shape index (κ3) is 7.55. The van der Waals surface area contributed by atoms with Gasteiger partial charge < -0.3 is 20.7 Å². The van der Waals surface area contributed by atoms with E-state index in [1.165, 1.54) is 0 Å². The van der Waals surface area contributed by atoms with E-state index in [2.05, 4.69) is 15.5 Å². The normalized spacial score (nSPS) is 20.0. The summed E-state index contributed by atoms with van der Waals surface area (Å²) >= 11 is 1.57. The number of hydrogen-bond donors (Lipinski definition) is 3. The lowest BCUT2D eigenvalue weighted by Gasteiger charge is -2.38. The number of imide groups is 2. The number of anilines is 1. The Bertz CT molecular complexity index is 2150. The van der Waals surface area contributed by atoms with Crippen LogP contribution in [0.2, 0.25) is 0 Å². The molecular weight excluding hydrogens is 731 g/mol. The van der Waals surface area contributed by atoms with Crippen LogP contribution in [0.15, 0.2) is 77.7 Å². The number of para-hydroxylation sites is 1. The lowest BCUT2D eigenvalue weighted by Crippen LogP contribution is -2.54. The van der Waals surface area contributed by atoms with Crippen LogP contribution in [-0.2, 0) is 9.59 Å². The second-order valence-electron chi connectivity index (χ2n) is 14.8. The molecule has 4 aliphatic heterocycles. The second kappa shape index (κ2) is 16.3. The lowest BCUT2D eigenvalue weighted by molar-refractivity contribution is -0.136. The van der Waals surface area contributed by atoms with E-state index in [-0.39, 0.29) is 24.8 Å². The maximum Gasteiger partial charge on any atom is 0.263 e. The predicted octanol–water partition coefficient (Wildman–Crippen LogP) is 5.87. The van der Waals surface area contributed by atoms with Gasteiger partial charge in [-0.3, -0.25) is 34.2 Å². The molecule has 0 saturated carbocycles. The summed E-state index contributed by atoms with van der Waals surface area (Å²) < 4.78 is 7.98. The quantitative estimate of drug-likeness (QED) is 0.0848. The fourth-order valence-corrected chi connectivity index (χ4v) is 9.53. The summed E-state index contributed by atoms with van der Waals surface area (Å²) in [7, 11) is 0. The molecule has 0 aliphatic carbocycles. The molecule has 2 atom stereocenters. The number of primary amides is 1. The van der Waals surface area contributed by atoms with Crippen molar-refractivity contribution in [2.75, 3.05) is 37.2 Å². The van der Waals surface area contributed by atoms with Crippen molar-refractivity contribution in [1.29, 1.82) is 0 Å². The number of carbonyl (C=O) groups is 5. The third-order valence-corrected chi connectivity index (χ3v) is 12.4. The zero-order valence-electron chi connectivity index (χ0n) is 31.1. The van der Waals surface area contributed by atoms with Crippen molar-refractivity contribution in [2.45, 2.75) is 68.3 Å². The van der Waals surface area contributed by atoms with Gasteiger partial charge >= 0.3 is 0 Å². The number of nitrogens with one attached hydrogen (secondary N) is 2. The topological polar surface area (TPSA) is 169 Å². The number of hydrogen-bond acceptors (Lipinski definition) is 10. The van der Waals surface area contributed by atoms with Crippen LogP contribution >= 0.6 is 11.8 Å². The highest BCUT2D eigenvalue weighted by molar-refractivity contribution is 7.99. The number of likely N-dealkylation sites (tertiary alicyclic amines) is 1. The molecule has 5 heterocycles. The minimum Gasteiger partial charge on any atom is -0.457 e. The van der Waals surface area contributed by atoms with Crippen LogP contribution in [0.25, 0.3) is 11.3 Å². The van der Waals surface area contributed by atoms with Gasteiger partial charge in [0.05, 0.1) is 17.2 Å². The molecule has 14 heteroatoms. The molecule has 8 rings (SSSR count). The summed E-state index contributed by atoms with van der Waals surface area (Å²) in [4.78, 5) is 67.7. The minimum absolute atomic E-state index is 0.0944. The molecule has 0 spiro atoms. The number of nitrogens with two attached hydrogens (primary N) is 1. The number of nitrogens with zero attached hydrogens (tertiary/aromatic N) is 4. The number of amides is 5. The Labute approximate surface area is 329 Å². The number of thioether (sulfide) groups is 1. The van der Waals surface area contributed by atoms with Gasteiger partial charge in [0.15, 0.2) is 0 Å². The Morgan fingerprint density at radius 1 is 0.857 bits per heavy atom. The van der Waals surface area contributed by atoms with E-state index in [0.717, 1.165) is 91.6 Å². The average molecular weight is 776 g/mol. The van der Waals surface area contributed by atoms with Gasteiger partial charge in [-0.05, 0) is 118 Å². The highest BCUT2D eigenvalue weighted by Gasteiger charge is 2.45. The Balaban J connectivity index is 0.817. The monoisotopic (exact) mass is 775 g/mol. The van der Waals surface area contributed by atoms with Gasteiger partial charge in [0.2, 0.25) is 11.8 Å². The highest BCUT2D eigenvalue weighted by Crippen LogP contribution is 2.41. The first-order valence-electron chi connectivity index (χ1n) is 19.5. The standard InChI is InChI=1S/C42H45N7O6S/c43-38(51)36-37(27-12-14-29(15-13-27)55-28-8-3-1-4-9-28)46-49-31(18-21-44-39(36)49)26-19-23-47(24-20-26)22-5-2-6-25-56-33-11-7-10-30-35(33)42(54)48(41(30)53)32-16-17-34(50)45-40(32)52/h1,3-4,7-15,26,31-32,44H,2,5-6,16-25H2,(H2,43,51)(H,45,50,52). The van der Waals surface area contributed by atoms with E-state index in [1.807, 2.05) is 65.3 Å². The molecule has 0 bridgehead atoms. The first-order valence-corrected chi connectivity index (χ1v) is 20.4. The van der Waals surface area contributed by atoms with Gasteiger partial charge in [0, 0.05) is 23.4 Å². The van der Waals surface area contributed by atoms with Crippen molar-refractivity contribution in [3.63, 3.8) is 0 Å². The molecule has 4 N–H and O–H groups in total. The number of ether oxygens (including phenoxy) is 1. The van der Waals surface area contributed by atoms with E-state index in [0.29, 0.717) is 39.9 Å². The molecule has 2 unspecified atom stereocenters. The molecular formula is C42H45N7O6S. The van der Waals surface area contributed by atoms with Crippen LogP contribution in [0, 0.1) is 5.92 Å². The maximum absolute atomic E-state index is 13.4. The van der Waals surface area contributed by atoms with Gasteiger partial charge in [-0.2, -0.15) is 5.10 Å². The average Bonchev–Trinajstić information content (AvgIpc) is 3.72. The molecule has 2 saturated heterocycles. The smallest absolute Gasteiger partial charge is 0.263 e. The molecule has 4 aliphatic rings. The van der Waals surface area contributed by atoms with Crippen LogP contribution in [0.3, 0.4) is 0 Å². The summed E-state index contributed by atoms with van der Waals surface area (Å²) in [5.74, 6) is 0.955. The van der Waals surface area contributed by atoms with Gasteiger partial charge in [-0.1, -0.05) is 30.7 Å². The molecule has 13 nitrogen and oxygen atoms in total. The number of piperidine rings is 2. The largest absolute Gasteiger partial charge is 0.457 e. The first-order chi connectivity index (χ1) is 27.3. The fourth-order valence-electron chi connectivity index (χ4n) is 8.44. The molecule has 5 amide bonds. The molecule has 4 aromatic rings.